The fraction of sp³-hybridized carbons (Fsp3) is 0.947. The third-order valence-corrected chi connectivity index (χ3v) is 20.1. The zero-order chi connectivity index (χ0) is 69.3. The molecule has 0 saturated heterocycles. The van der Waals surface area contributed by atoms with E-state index in [0.29, 0.717) is 25.7 Å². The lowest BCUT2D eigenvalue weighted by Gasteiger charge is -2.21. The number of hydrogen-bond donors (Lipinski definition) is 3. The lowest BCUT2D eigenvalue weighted by molar-refractivity contribution is -0.161. The molecule has 0 aromatic heterocycles. The summed E-state index contributed by atoms with van der Waals surface area (Å²) in [6.07, 6.45) is 53.9. The number of aliphatic hydroxyl groups is 1. The van der Waals surface area contributed by atoms with E-state index in [9.17, 15) is 43.2 Å². The second kappa shape index (κ2) is 66.9. The third-order valence-electron chi connectivity index (χ3n) is 18.2. The van der Waals surface area contributed by atoms with E-state index >= 15 is 0 Å². The molecular weight excluding hydrogens is 1230 g/mol. The van der Waals surface area contributed by atoms with Crippen molar-refractivity contribution >= 4 is 39.5 Å². The number of carbonyl (C=O) groups is 4. The lowest BCUT2D eigenvalue weighted by Crippen LogP contribution is -2.30. The van der Waals surface area contributed by atoms with Crippen molar-refractivity contribution in [2.75, 3.05) is 39.6 Å². The van der Waals surface area contributed by atoms with Gasteiger partial charge in [-0.2, -0.15) is 0 Å². The minimum Gasteiger partial charge on any atom is -0.462 e. The second-order valence-corrected chi connectivity index (χ2v) is 30.4. The van der Waals surface area contributed by atoms with E-state index in [1.807, 2.05) is 0 Å². The molecule has 0 bridgehead atoms. The quantitative estimate of drug-likeness (QED) is 0.0222. The molecule has 17 nitrogen and oxygen atoms in total. The number of unbranched alkanes of at least 4 members (excludes halogenated alkanes) is 42. The number of phosphoric ester groups is 2. The molecule has 0 heterocycles. The van der Waals surface area contributed by atoms with Crippen molar-refractivity contribution in [1.29, 1.82) is 0 Å². The third kappa shape index (κ3) is 66.0. The fourth-order valence-electron chi connectivity index (χ4n) is 11.4. The van der Waals surface area contributed by atoms with Crippen LogP contribution in [0, 0.1) is 11.8 Å². The van der Waals surface area contributed by atoms with Crippen LogP contribution in [0.1, 0.15) is 388 Å². The molecule has 0 rings (SSSR count). The van der Waals surface area contributed by atoms with E-state index in [-0.39, 0.29) is 25.7 Å². The number of esters is 4. The molecule has 0 aliphatic heterocycles. The highest BCUT2D eigenvalue weighted by molar-refractivity contribution is 7.47. The van der Waals surface area contributed by atoms with Crippen LogP contribution in [0.3, 0.4) is 0 Å². The number of aliphatic hydroxyl groups excluding tert-OH is 1. The Hall–Kier alpha value is -1.94. The van der Waals surface area contributed by atoms with Crippen LogP contribution in [0.2, 0.25) is 0 Å². The zero-order valence-electron chi connectivity index (χ0n) is 61.3. The molecule has 0 aromatic carbocycles. The lowest BCUT2D eigenvalue weighted by atomic mass is 9.99. The Bertz CT molecular complexity index is 1820. The van der Waals surface area contributed by atoms with Crippen molar-refractivity contribution in [2.24, 2.45) is 11.8 Å². The van der Waals surface area contributed by atoms with E-state index in [1.165, 1.54) is 199 Å². The van der Waals surface area contributed by atoms with E-state index in [2.05, 4.69) is 41.5 Å². The van der Waals surface area contributed by atoms with Gasteiger partial charge in [0.05, 0.1) is 26.4 Å². The highest BCUT2D eigenvalue weighted by atomic mass is 31.2. The predicted molar refractivity (Wildman–Crippen MR) is 381 cm³/mol. The van der Waals surface area contributed by atoms with E-state index in [0.717, 1.165) is 108 Å². The van der Waals surface area contributed by atoms with Crippen molar-refractivity contribution < 1.29 is 80.2 Å². The fourth-order valence-corrected chi connectivity index (χ4v) is 13.0. The Labute approximate surface area is 575 Å². The molecule has 0 aromatic rings. The number of ether oxygens (including phenoxy) is 4. The van der Waals surface area contributed by atoms with Crippen LogP contribution >= 0.6 is 15.6 Å². The Balaban J connectivity index is 5.25. The van der Waals surface area contributed by atoms with Gasteiger partial charge in [0.2, 0.25) is 0 Å². The van der Waals surface area contributed by atoms with Crippen molar-refractivity contribution in [2.45, 2.75) is 407 Å². The monoisotopic (exact) mass is 1380 g/mol. The topological polar surface area (TPSA) is 237 Å². The molecule has 0 radical (unpaired) electrons. The minimum atomic E-state index is -4.96. The summed E-state index contributed by atoms with van der Waals surface area (Å²) in [5.41, 5.74) is 0. The van der Waals surface area contributed by atoms with Crippen molar-refractivity contribution in [3.8, 4) is 0 Å². The van der Waals surface area contributed by atoms with Gasteiger partial charge in [0.15, 0.2) is 12.2 Å². The van der Waals surface area contributed by atoms with Gasteiger partial charge in [-0.15, -0.1) is 0 Å². The second-order valence-electron chi connectivity index (χ2n) is 27.5. The first kappa shape index (κ1) is 92.1. The smallest absolute Gasteiger partial charge is 0.462 e. The van der Waals surface area contributed by atoms with Gasteiger partial charge in [-0.3, -0.25) is 37.3 Å². The van der Waals surface area contributed by atoms with E-state index in [4.69, 9.17) is 37.0 Å². The minimum absolute atomic E-state index is 0.107. The van der Waals surface area contributed by atoms with E-state index in [1.54, 1.807) is 0 Å². The summed E-state index contributed by atoms with van der Waals surface area (Å²) in [5.74, 6) is -0.539. The largest absolute Gasteiger partial charge is 0.472 e. The van der Waals surface area contributed by atoms with Gasteiger partial charge in [0.25, 0.3) is 0 Å². The zero-order valence-corrected chi connectivity index (χ0v) is 63.1. The van der Waals surface area contributed by atoms with Gasteiger partial charge in [-0.1, -0.05) is 337 Å². The van der Waals surface area contributed by atoms with Crippen LogP contribution in [0.15, 0.2) is 0 Å². The van der Waals surface area contributed by atoms with Gasteiger partial charge in [0, 0.05) is 25.7 Å². The summed E-state index contributed by atoms with van der Waals surface area (Å²) in [6, 6.07) is 0. The van der Waals surface area contributed by atoms with Gasteiger partial charge < -0.3 is 33.8 Å². The highest BCUT2D eigenvalue weighted by Gasteiger charge is 2.30. The molecule has 0 amide bonds. The maximum atomic E-state index is 13.1. The molecule has 4 unspecified atom stereocenters. The standard InChI is InChI=1S/C75H146O17P2/c1-7-11-13-15-17-19-21-23-27-31-34-38-45-51-57-72(77)85-63-70(91-75(80)60-54-48-40-36-32-28-25-24-26-29-33-37-43-49-55-67(5)9-3)65-89-93(81,82)87-61-69(76)62-88-94(83,84)90-66-71(64-86-73(78)58-52-46-42-41-44-50-56-68(6)10-4)92-74(79)59-53-47-39-35-30-22-20-18-16-14-12-8-2/h67-71,76H,7-66H2,1-6H3,(H,81,82)(H,83,84)/t67?,68?,69-,70-,71-/m1/s1. The SMILES string of the molecule is CCCCCCCCCCCCCCCCC(=O)OC[C@H](COP(=O)(O)OC[C@@H](O)COP(=O)(O)OC[C@@H](COC(=O)CCCCCCCCC(C)CC)OC(=O)CCCCCCCCCCCCCC)OC(=O)CCCCCCCCCCCCCCCCC(C)CC. The summed E-state index contributed by atoms with van der Waals surface area (Å²) < 4.78 is 68.5. The Kier molecular flexibility index (Phi) is 65.5. The molecule has 7 atom stereocenters. The number of rotatable bonds is 74. The highest BCUT2D eigenvalue weighted by Crippen LogP contribution is 2.45. The van der Waals surface area contributed by atoms with Crippen molar-refractivity contribution in [3.63, 3.8) is 0 Å². The Morgan fingerprint density at radius 1 is 0.298 bits per heavy atom. The average molecular weight is 1380 g/mol. The van der Waals surface area contributed by atoms with Crippen LogP contribution < -0.4 is 0 Å². The molecule has 0 aliphatic carbocycles. The van der Waals surface area contributed by atoms with Crippen LogP contribution in [-0.2, 0) is 65.4 Å². The first-order chi connectivity index (χ1) is 45.4. The summed E-state index contributed by atoms with van der Waals surface area (Å²) >= 11 is 0. The van der Waals surface area contributed by atoms with E-state index < -0.39 is 97.5 Å². The summed E-state index contributed by atoms with van der Waals surface area (Å²) in [7, 11) is -9.91. The number of hydrogen-bond acceptors (Lipinski definition) is 15. The molecule has 19 heteroatoms. The van der Waals surface area contributed by atoms with Gasteiger partial charge in [0.1, 0.15) is 19.3 Å². The molecule has 94 heavy (non-hydrogen) atoms. The predicted octanol–water partition coefficient (Wildman–Crippen LogP) is 21.9. The molecular formula is C75H146O17P2. The van der Waals surface area contributed by atoms with Crippen LogP contribution in [0.4, 0.5) is 0 Å². The van der Waals surface area contributed by atoms with Crippen molar-refractivity contribution in [3.05, 3.63) is 0 Å². The molecule has 3 N–H and O–H groups in total. The Morgan fingerprint density at radius 3 is 0.755 bits per heavy atom. The summed E-state index contributed by atoms with van der Waals surface area (Å²) in [4.78, 5) is 72.8. The molecule has 0 saturated carbocycles. The van der Waals surface area contributed by atoms with Crippen LogP contribution in [0.25, 0.3) is 0 Å². The summed E-state index contributed by atoms with van der Waals surface area (Å²) in [5, 5.41) is 10.6. The maximum Gasteiger partial charge on any atom is 0.472 e. The van der Waals surface area contributed by atoms with Gasteiger partial charge in [-0.05, 0) is 37.5 Å². The average Bonchev–Trinajstić information content (AvgIpc) is 3.12. The van der Waals surface area contributed by atoms with Gasteiger partial charge in [-0.25, -0.2) is 9.13 Å². The molecule has 0 fully saturated rings. The number of phosphoric acid groups is 2. The first-order valence-corrected chi connectivity index (χ1v) is 42.1. The van der Waals surface area contributed by atoms with Crippen LogP contribution in [0.5, 0.6) is 0 Å². The normalized spacial score (nSPS) is 14.6. The molecule has 0 spiro atoms. The molecule has 558 valence electrons. The summed E-state index contributed by atoms with van der Waals surface area (Å²) in [6.45, 7) is 9.61. The molecule has 0 aliphatic rings. The first-order valence-electron chi connectivity index (χ1n) is 39.1. The van der Waals surface area contributed by atoms with Crippen molar-refractivity contribution in [1.82, 2.24) is 0 Å². The maximum absolute atomic E-state index is 13.1. The van der Waals surface area contributed by atoms with Crippen LogP contribution in [-0.4, -0.2) is 96.7 Å². The Morgan fingerprint density at radius 2 is 0.511 bits per heavy atom. The number of carbonyl (C=O) groups excluding carboxylic acids is 4. The van der Waals surface area contributed by atoms with Gasteiger partial charge >= 0.3 is 39.5 Å².